The molecule has 0 bridgehead atoms. The van der Waals surface area contributed by atoms with Gasteiger partial charge in [-0.15, -0.1) is 0 Å². The predicted octanol–water partition coefficient (Wildman–Crippen LogP) is 5.97. The Morgan fingerprint density at radius 2 is 1.59 bits per heavy atom. The second kappa shape index (κ2) is 7.97. The van der Waals surface area contributed by atoms with Crippen molar-refractivity contribution in [1.82, 2.24) is 0 Å². The lowest BCUT2D eigenvalue weighted by molar-refractivity contribution is 0.274. The minimum atomic E-state index is 0.170. The van der Waals surface area contributed by atoms with Crippen LogP contribution >= 0.6 is 0 Å². The van der Waals surface area contributed by atoms with Crippen molar-refractivity contribution in [3.63, 3.8) is 0 Å². The Labute approximate surface area is 160 Å². The highest BCUT2D eigenvalue weighted by atomic mass is 16.5. The van der Waals surface area contributed by atoms with Gasteiger partial charge >= 0.3 is 0 Å². The average Bonchev–Trinajstić information content (AvgIpc) is 2.70. The van der Waals surface area contributed by atoms with Gasteiger partial charge in [0.25, 0.3) is 0 Å². The highest BCUT2D eigenvalue weighted by Crippen LogP contribution is 2.45. The maximum Gasteiger partial charge on any atom is 0.140 e. The average molecular weight is 357 g/mol. The number of benzene rings is 2. The van der Waals surface area contributed by atoms with E-state index < -0.39 is 0 Å². The molecule has 3 heteroatoms. The molecule has 2 aromatic carbocycles. The lowest BCUT2D eigenvalue weighted by atomic mass is 9.84. The monoisotopic (exact) mass is 357 g/mol. The molecule has 0 aliphatic carbocycles. The van der Waals surface area contributed by atoms with E-state index in [0.29, 0.717) is 5.76 Å². The third kappa shape index (κ3) is 3.66. The molecular weight excluding hydrogens is 334 g/mol. The second-order valence-corrected chi connectivity index (χ2v) is 6.73. The molecule has 0 fully saturated rings. The Kier molecular flexibility index (Phi) is 5.47. The van der Waals surface area contributed by atoms with Crippen molar-refractivity contribution in [2.45, 2.75) is 20.8 Å². The molecule has 0 unspecified atom stereocenters. The molecule has 2 aromatic rings. The highest BCUT2D eigenvalue weighted by molar-refractivity contribution is 6.08. The third-order valence-electron chi connectivity index (χ3n) is 4.62. The van der Waals surface area contributed by atoms with E-state index in [-0.39, 0.29) is 5.92 Å². The fourth-order valence-electron chi connectivity index (χ4n) is 3.29. The molecule has 136 valence electrons. The SMILES string of the molecule is COc1ccc(C2=C(C)/C(=C/C#N)OC(C(C)C)=C2c2ccccc2)cc1. The van der Waals surface area contributed by atoms with Crippen LogP contribution in [0.15, 0.2) is 77.8 Å². The molecule has 0 saturated carbocycles. The summed E-state index contributed by atoms with van der Waals surface area (Å²) in [4.78, 5) is 0. The zero-order chi connectivity index (χ0) is 19.4. The molecule has 3 nitrogen and oxygen atoms in total. The van der Waals surface area contributed by atoms with Gasteiger partial charge in [-0.1, -0.05) is 56.3 Å². The summed E-state index contributed by atoms with van der Waals surface area (Å²) in [7, 11) is 1.66. The first-order valence-electron chi connectivity index (χ1n) is 9.00. The van der Waals surface area contributed by atoms with Crippen LogP contribution in [-0.4, -0.2) is 7.11 Å². The number of nitriles is 1. The van der Waals surface area contributed by atoms with Crippen LogP contribution in [0, 0.1) is 17.2 Å². The van der Waals surface area contributed by atoms with E-state index in [9.17, 15) is 5.26 Å². The Bertz CT molecular complexity index is 956. The van der Waals surface area contributed by atoms with Gasteiger partial charge in [-0.3, -0.25) is 0 Å². The number of ether oxygens (including phenoxy) is 2. The fourth-order valence-corrected chi connectivity index (χ4v) is 3.29. The van der Waals surface area contributed by atoms with Gasteiger partial charge in [-0.25, -0.2) is 0 Å². The van der Waals surface area contributed by atoms with Crippen LogP contribution in [0.2, 0.25) is 0 Å². The Hall–Kier alpha value is -3.25. The van der Waals surface area contributed by atoms with Crippen LogP contribution < -0.4 is 4.74 Å². The maximum absolute atomic E-state index is 9.21. The lowest BCUT2D eigenvalue weighted by Crippen LogP contribution is -2.13. The third-order valence-corrected chi connectivity index (χ3v) is 4.62. The summed E-state index contributed by atoms with van der Waals surface area (Å²) in [5.74, 6) is 2.46. The van der Waals surface area contributed by atoms with Crippen molar-refractivity contribution in [2.75, 3.05) is 7.11 Å². The zero-order valence-electron chi connectivity index (χ0n) is 16.1. The molecule has 0 saturated heterocycles. The first-order valence-corrected chi connectivity index (χ1v) is 9.00. The number of allylic oxidation sites excluding steroid dienone is 5. The van der Waals surface area contributed by atoms with E-state index >= 15 is 0 Å². The summed E-state index contributed by atoms with van der Waals surface area (Å²) in [6, 6.07) is 20.4. The molecule has 0 spiro atoms. The summed E-state index contributed by atoms with van der Waals surface area (Å²) < 4.78 is 11.5. The molecule has 1 aliphatic rings. The molecule has 1 aliphatic heterocycles. The molecule has 0 atom stereocenters. The molecule has 1 heterocycles. The summed E-state index contributed by atoms with van der Waals surface area (Å²) in [6.45, 7) is 6.21. The summed E-state index contributed by atoms with van der Waals surface area (Å²) >= 11 is 0. The van der Waals surface area contributed by atoms with E-state index in [1.807, 2.05) is 49.4 Å². The molecule has 0 aromatic heterocycles. The lowest BCUT2D eigenvalue weighted by Gasteiger charge is -2.29. The van der Waals surface area contributed by atoms with Crippen molar-refractivity contribution >= 4 is 11.1 Å². The summed E-state index contributed by atoms with van der Waals surface area (Å²) in [6.07, 6.45) is 1.48. The molecule has 27 heavy (non-hydrogen) atoms. The highest BCUT2D eigenvalue weighted by Gasteiger charge is 2.28. The Morgan fingerprint density at radius 1 is 0.963 bits per heavy atom. The van der Waals surface area contributed by atoms with Crippen molar-refractivity contribution < 1.29 is 9.47 Å². The van der Waals surface area contributed by atoms with E-state index in [4.69, 9.17) is 9.47 Å². The van der Waals surface area contributed by atoms with Crippen LogP contribution in [0.4, 0.5) is 0 Å². The van der Waals surface area contributed by atoms with E-state index in [0.717, 1.165) is 39.4 Å². The number of methoxy groups -OCH3 is 1. The summed E-state index contributed by atoms with van der Waals surface area (Å²) in [5, 5.41) is 9.21. The smallest absolute Gasteiger partial charge is 0.140 e. The normalized spacial score (nSPS) is 15.8. The number of nitrogens with zero attached hydrogens (tertiary/aromatic N) is 1. The van der Waals surface area contributed by atoms with Gasteiger partial charge < -0.3 is 9.47 Å². The van der Waals surface area contributed by atoms with Gasteiger partial charge in [0, 0.05) is 17.1 Å². The standard InChI is InChI=1S/C24H23NO2/c1-16(2)24-23(18-8-6-5-7-9-18)22(17(3)21(27-24)14-15-25)19-10-12-20(26-4)13-11-19/h5-14,16H,1-4H3/b21-14-. The van der Waals surface area contributed by atoms with Gasteiger partial charge in [0.1, 0.15) is 17.3 Å². The molecule has 0 amide bonds. The van der Waals surface area contributed by atoms with Crippen LogP contribution in [0.25, 0.3) is 11.1 Å². The first-order chi connectivity index (χ1) is 13.1. The van der Waals surface area contributed by atoms with Gasteiger partial charge in [0.15, 0.2) is 0 Å². The fraction of sp³-hybridized carbons (Fsp3) is 0.208. The molecular formula is C24H23NO2. The Morgan fingerprint density at radius 3 is 2.15 bits per heavy atom. The Balaban J connectivity index is 2.31. The minimum absolute atomic E-state index is 0.170. The van der Waals surface area contributed by atoms with E-state index in [1.54, 1.807) is 7.11 Å². The molecule has 0 radical (unpaired) electrons. The van der Waals surface area contributed by atoms with Crippen molar-refractivity contribution in [2.24, 2.45) is 5.92 Å². The van der Waals surface area contributed by atoms with Crippen LogP contribution in [-0.2, 0) is 4.74 Å². The summed E-state index contributed by atoms with van der Waals surface area (Å²) in [5.41, 5.74) is 5.27. The van der Waals surface area contributed by atoms with Crippen molar-refractivity contribution in [3.05, 3.63) is 88.9 Å². The quantitative estimate of drug-likeness (QED) is 0.633. The number of rotatable bonds is 4. The minimum Gasteiger partial charge on any atom is -0.497 e. The van der Waals surface area contributed by atoms with Crippen molar-refractivity contribution in [3.8, 4) is 11.8 Å². The van der Waals surface area contributed by atoms with E-state index in [2.05, 4.69) is 32.0 Å². The van der Waals surface area contributed by atoms with Gasteiger partial charge in [0.05, 0.1) is 19.3 Å². The topological polar surface area (TPSA) is 42.2 Å². The maximum atomic E-state index is 9.21. The van der Waals surface area contributed by atoms with Crippen LogP contribution in [0.3, 0.4) is 0 Å². The largest absolute Gasteiger partial charge is 0.497 e. The van der Waals surface area contributed by atoms with Gasteiger partial charge in [-0.05, 0) is 35.8 Å². The second-order valence-electron chi connectivity index (χ2n) is 6.73. The van der Waals surface area contributed by atoms with Gasteiger partial charge in [0.2, 0.25) is 0 Å². The number of hydrogen-bond acceptors (Lipinski definition) is 3. The molecule has 3 rings (SSSR count). The zero-order valence-corrected chi connectivity index (χ0v) is 16.1. The van der Waals surface area contributed by atoms with Gasteiger partial charge in [-0.2, -0.15) is 5.26 Å². The van der Waals surface area contributed by atoms with Crippen molar-refractivity contribution in [1.29, 1.82) is 5.26 Å². The molecule has 0 N–H and O–H groups in total. The van der Waals surface area contributed by atoms with Crippen LogP contribution in [0.5, 0.6) is 5.75 Å². The van der Waals surface area contributed by atoms with E-state index in [1.165, 1.54) is 6.08 Å². The predicted molar refractivity (Wildman–Crippen MR) is 109 cm³/mol. The first kappa shape index (κ1) is 18.5. The number of hydrogen-bond donors (Lipinski definition) is 0. The van der Waals surface area contributed by atoms with Crippen LogP contribution in [0.1, 0.15) is 31.9 Å².